The zero-order valence-corrected chi connectivity index (χ0v) is 73.9. The molecule has 5 heterocycles. The quantitative estimate of drug-likeness (QED) is 0.0611. The highest BCUT2D eigenvalue weighted by Crippen LogP contribution is 2.43. The molecule has 18 heteroatoms. The van der Waals surface area contributed by atoms with E-state index in [0.717, 1.165) is 64.8 Å². The third kappa shape index (κ3) is 23.4. The number of nitrogens with one attached hydrogen (secondary N) is 3. The molecule has 6 aromatic rings. The number of rotatable bonds is 19. The summed E-state index contributed by atoms with van der Waals surface area (Å²) >= 11 is 0. The van der Waals surface area contributed by atoms with Crippen LogP contribution in [0.3, 0.4) is 0 Å². The predicted molar refractivity (Wildman–Crippen MR) is 451 cm³/mol. The van der Waals surface area contributed by atoms with Gasteiger partial charge in [0, 0.05) is 105 Å². The number of aliphatic hydroxyl groups is 1. The van der Waals surface area contributed by atoms with Crippen LogP contribution < -0.4 is 14.2 Å². The van der Waals surface area contributed by atoms with Crippen LogP contribution in [-0.2, 0) is 91.7 Å². The summed E-state index contributed by atoms with van der Waals surface area (Å²) in [6.07, 6.45) is 21.4. The van der Waals surface area contributed by atoms with Crippen LogP contribution in [0.4, 0.5) is 0 Å². The van der Waals surface area contributed by atoms with E-state index in [1.54, 1.807) is 0 Å². The van der Waals surface area contributed by atoms with Crippen molar-refractivity contribution in [3.63, 3.8) is 0 Å². The van der Waals surface area contributed by atoms with Crippen LogP contribution in [0.1, 0.15) is 299 Å². The maximum atomic E-state index is 13.7. The smallest absolute Gasteiger partial charge is 0.242 e. The molecule has 3 aliphatic carbocycles. The van der Waals surface area contributed by atoms with Crippen molar-refractivity contribution in [2.24, 2.45) is 23.7 Å². The zero-order chi connectivity index (χ0) is 80.5. The average Bonchev–Trinajstić information content (AvgIpc) is 1.64. The van der Waals surface area contributed by atoms with Crippen LogP contribution in [0.5, 0.6) is 0 Å². The van der Waals surface area contributed by atoms with E-state index in [-0.39, 0.29) is 45.0 Å². The highest BCUT2D eigenvalue weighted by atomic mass is 32.2. The Morgan fingerprint density at radius 1 is 0.404 bits per heavy atom. The Balaban J connectivity index is 0.000000189. The molecule has 2 aliphatic heterocycles. The number of sulfonamides is 3. The molecule has 5 fully saturated rings. The molecule has 0 radical (unpaired) electrons. The van der Waals surface area contributed by atoms with Crippen molar-refractivity contribution in [1.29, 1.82) is 0 Å². The maximum Gasteiger partial charge on any atom is 0.242 e. The van der Waals surface area contributed by atoms with Gasteiger partial charge in [-0.25, -0.2) is 39.4 Å². The van der Waals surface area contributed by atoms with Gasteiger partial charge in [0.05, 0.1) is 18.8 Å². The fraction of sp³-hybridized carbons (Fsp3) is 0.670. The summed E-state index contributed by atoms with van der Waals surface area (Å²) in [4.78, 5) is 1.07. The van der Waals surface area contributed by atoms with Crippen molar-refractivity contribution in [3.05, 3.63) is 124 Å². The van der Waals surface area contributed by atoms with E-state index < -0.39 is 41.2 Å². The lowest BCUT2D eigenvalue weighted by atomic mass is 9.79. The number of benzene rings is 3. The Kier molecular flexibility index (Phi) is 27.7. The second-order valence-electron chi connectivity index (χ2n) is 40.6. The molecule has 0 spiro atoms. The highest BCUT2D eigenvalue weighted by molar-refractivity contribution is 7.90. The third-order valence-corrected chi connectivity index (χ3v) is 28.3. The molecule has 15 nitrogen and oxygen atoms in total. The number of nitrogens with zero attached hydrogens (tertiary/aromatic N) is 3. The van der Waals surface area contributed by atoms with Gasteiger partial charge >= 0.3 is 0 Å². The molecule has 5 aliphatic rings. The Hall–Kier alpha value is -4.89. The summed E-state index contributed by atoms with van der Waals surface area (Å²) in [5.41, 5.74) is 13.8. The first-order chi connectivity index (χ1) is 50.3. The van der Waals surface area contributed by atoms with E-state index in [0.29, 0.717) is 78.3 Å². The summed E-state index contributed by atoms with van der Waals surface area (Å²) < 4.78 is 107. The molecule has 2 saturated heterocycles. The van der Waals surface area contributed by atoms with Crippen LogP contribution in [0.15, 0.2) is 93.7 Å². The van der Waals surface area contributed by atoms with Crippen molar-refractivity contribution >= 4 is 30.1 Å². The van der Waals surface area contributed by atoms with Crippen molar-refractivity contribution in [1.82, 2.24) is 27.9 Å². The van der Waals surface area contributed by atoms with Crippen LogP contribution in [0.2, 0.25) is 0 Å². The molecule has 3 saturated carbocycles. The minimum Gasteiger partial charge on any atom is -0.388 e. The van der Waals surface area contributed by atoms with Gasteiger partial charge in [-0.2, -0.15) is 0 Å². The molecule has 0 atom stereocenters. The van der Waals surface area contributed by atoms with Crippen molar-refractivity contribution in [2.75, 3.05) is 39.5 Å². The Bertz CT molecular complexity index is 4320. The standard InChI is InChI=1S/C32H50N2O4S.C30H46N2O3S.C29H46N2O2S/c1-23-29(39(36,37)33-22-32(35)13-15-38-16-14-32)20-28(34(23)21-24-11-9-8-10-12-24)25-17-26(30(2,3)4)19-27(18-25)31(5,6)7;1-21-28(36(33,34)31-17-23-19-35-20-23)16-27(32(21)18-22-11-9-8-10-12-22)24-13-25(29(2,3)4)15-26(14-24)30(5,6)7;1-27(2,3)23-15-22(16-24(17-23)28(4,5)6)26-18-25(34(32,33)30-29(7,8)9)20-31(26)19-21-13-11-10-12-14-21/h17-20,24,33,35H,8-16,21-22H2,1-7H3;13-16,22-23,31H,8-12,17-20H2,1-7H3;15-18,20-21,30H,10-14,19H2,1-9H3. The third-order valence-electron chi connectivity index (χ3n) is 23.5. The number of hydrogen-bond acceptors (Lipinski definition) is 9. The minimum absolute atomic E-state index is 0.000497. The molecule has 3 aromatic heterocycles. The molecular formula is C91H142N6O9S3. The first-order valence-electron chi connectivity index (χ1n) is 41.3. The fourth-order valence-corrected chi connectivity index (χ4v) is 20.2. The van der Waals surface area contributed by atoms with Gasteiger partial charge in [0.25, 0.3) is 0 Å². The minimum atomic E-state index is -3.83. The molecule has 0 amide bonds. The van der Waals surface area contributed by atoms with Gasteiger partial charge in [0.1, 0.15) is 14.7 Å². The molecule has 3 aromatic carbocycles. The Labute approximate surface area is 660 Å². The lowest BCUT2D eigenvalue weighted by Gasteiger charge is -2.31. The summed E-state index contributed by atoms with van der Waals surface area (Å²) in [6.45, 7) is 55.0. The Morgan fingerprint density at radius 2 is 0.734 bits per heavy atom. The monoisotopic (exact) mass is 1560 g/mol. The summed E-state index contributed by atoms with van der Waals surface area (Å²) in [7, 11) is -11.1. The molecule has 109 heavy (non-hydrogen) atoms. The highest BCUT2D eigenvalue weighted by Gasteiger charge is 2.36. The van der Waals surface area contributed by atoms with Gasteiger partial charge in [-0.15, -0.1) is 0 Å². The number of aromatic nitrogens is 3. The van der Waals surface area contributed by atoms with Crippen LogP contribution in [0, 0.1) is 37.5 Å². The second kappa shape index (κ2) is 34.3. The summed E-state index contributed by atoms with van der Waals surface area (Å²) in [6, 6.07) is 26.2. The largest absolute Gasteiger partial charge is 0.388 e. The number of hydrogen-bond donors (Lipinski definition) is 4. The number of ether oxygens (including phenoxy) is 2. The van der Waals surface area contributed by atoms with E-state index in [1.807, 2.05) is 59.0 Å². The van der Waals surface area contributed by atoms with E-state index >= 15 is 0 Å². The van der Waals surface area contributed by atoms with Crippen molar-refractivity contribution in [2.45, 2.75) is 346 Å². The molecule has 0 bridgehead atoms. The maximum absolute atomic E-state index is 13.7. The van der Waals surface area contributed by atoms with E-state index in [1.165, 1.54) is 130 Å². The van der Waals surface area contributed by atoms with Crippen molar-refractivity contribution in [3.8, 4) is 33.8 Å². The SMILES string of the molecule is CC(C)(C)NS(=O)(=O)c1cc(-c2cc(C(C)(C)C)cc(C(C)(C)C)c2)n(CC2CCCCC2)c1.Cc1c(S(=O)(=O)NCC2(O)CCOCC2)cc(-c2cc(C(C)(C)C)cc(C(C)(C)C)c2)n1CC1CCCCC1.Cc1c(S(=O)(=O)NCC2COC2)cc(-c2cc(C(C)(C)C)cc(C(C)(C)C)c2)n1CC1CCCCC1. The predicted octanol–water partition coefficient (Wildman–Crippen LogP) is 20.4. The molecule has 0 unspecified atom stereocenters. The first kappa shape index (κ1) is 88.1. The lowest BCUT2D eigenvalue weighted by molar-refractivity contribution is -0.0588. The van der Waals surface area contributed by atoms with Crippen molar-refractivity contribution < 1.29 is 39.8 Å². The second-order valence-corrected chi connectivity index (χ2v) is 45.7. The lowest BCUT2D eigenvalue weighted by Crippen LogP contribution is -2.46. The van der Waals surface area contributed by atoms with Gasteiger partial charge in [0.2, 0.25) is 30.1 Å². The van der Waals surface area contributed by atoms with Gasteiger partial charge in [-0.3, -0.25) is 0 Å². The van der Waals surface area contributed by atoms with Gasteiger partial charge in [0.15, 0.2) is 0 Å². The topological polar surface area (TPSA) is 192 Å². The molecule has 4 N–H and O–H groups in total. The first-order valence-corrected chi connectivity index (χ1v) is 45.8. The normalized spacial score (nSPS) is 18.2. The summed E-state index contributed by atoms with van der Waals surface area (Å²) in [5.74, 6) is 2.00. The van der Waals surface area contributed by atoms with Crippen LogP contribution >= 0.6 is 0 Å². The molecule has 11 rings (SSSR count). The van der Waals surface area contributed by atoms with Gasteiger partial charge in [-0.1, -0.05) is 201 Å². The molecular weight excluding hydrogens is 1420 g/mol. The van der Waals surface area contributed by atoms with Crippen LogP contribution in [-0.4, -0.2) is 94.7 Å². The Morgan fingerprint density at radius 3 is 1.06 bits per heavy atom. The van der Waals surface area contributed by atoms with E-state index in [2.05, 4.69) is 207 Å². The molecule has 608 valence electrons. The van der Waals surface area contributed by atoms with E-state index in [4.69, 9.17) is 9.47 Å². The zero-order valence-electron chi connectivity index (χ0n) is 71.5. The van der Waals surface area contributed by atoms with Gasteiger partial charge in [-0.05, 0) is 228 Å². The fourth-order valence-electron chi connectivity index (χ4n) is 16.0. The van der Waals surface area contributed by atoms with E-state index in [9.17, 15) is 30.4 Å². The summed E-state index contributed by atoms with van der Waals surface area (Å²) in [5, 5.41) is 10.9. The van der Waals surface area contributed by atoms with Crippen LogP contribution in [0.25, 0.3) is 33.8 Å². The average molecular weight is 1560 g/mol. The van der Waals surface area contributed by atoms with Gasteiger partial charge < -0.3 is 28.3 Å².